The van der Waals surface area contributed by atoms with Gasteiger partial charge in [-0.1, -0.05) is 12.8 Å². The Morgan fingerprint density at radius 3 is 2.56 bits per heavy atom. The molecule has 0 aromatic carbocycles. The topological polar surface area (TPSA) is 69.6 Å². The molecule has 1 amide bonds. The average Bonchev–Trinajstić information content (AvgIpc) is 2.68. The summed E-state index contributed by atoms with van der Waals surface area (Å²) >= 11 is 0. The highest BCUT2D eigenvalue weighted by Gasteiger charge is 2.19. The Hall–Kier alpha value is -1.10. The van der Waals surface area contributed by atoms with Crippen LogP contribution in [0.4, 0.5) is 0 Å². The first-order valence-corrected chi connectivity index (χ1v) is 5.78. The summed E-state index contributed by atoms with van der Waals surface area (Å²) in [4.78, 5) is 23.5. The van der Waals surface area contributed by atoms with Gasteiger partial charge in [-0.2, -0.15) is 0 Å². The molecule has 0 spiro atoms. The largest absolute Gasteiger partial charge is 0.481 e. The molecule has 1 aliphatic rings. The van der Waals surface area contributed by atoms with E-state index in [4.69, 9.17) is 5.11 Å². The summed E-state index contributed by atoms with van der Waals surface area (Å²) < 4.78 is 0. The molecular formula is C11H20N2O3. The highest BCUT2D eigenvalue weighted by Crippen LogP contribution is 2.21. The summed E-state index contributed by atoms with van der Waals surface area (Å²) in [5.74, 6) is -1.49. The minimum atomic E-state index is -1.08. The number of hydrogen-bond donors (Lipinski definition) is 2. The van der Waals surface area contributed by atoms with Crippen LogP contribution in [0.3, 0.4) is 0 Å². The number of nitrogens with one attached hydrogen (secondary N) is 1. The number of carboxylic acid groups (broad SMARTS) is 1. The lowest BCUT2D eigenvalue weighted by atomic mass is 10.2. The lowest BCUT2D eigenvalue weighted by Gasteiger charge is -2.23. The molecule has 1 rings (SSSR count). The monoisotopic (exact) mass is 228 g/mol. The number of carboxylic acids is 1. The van der Waals surface area contributed by atoms with Crippen LogP contribution < -0.4 is 5.32 Å². The Morgan fingerprint density at radius 2 is 2.00 bits per heavy atom. The molecule has 5 heteroatoms. The summed E-state index contributed by atoms with van der Waals surface area (Å²) in [6.45, 7) is 1.31. The van der Waals surface area contributed by atoms with Crippen LogP contribution in [0.5, 0.6) is 0 Å². The van der Waals surface area contributed by atoms with E-state index in [1.165, 1.54) is 25.7 Å². The number of nitrogens with zero attached hydrogens (tertiary/aromatic N) is 1. The Labute approximate surface area is 95.8 Å². The van der Waals surface area contributed by atoms with Gasteiger partial charge in [0.25, 0.3) is 0 Å². The molecule has 0 aromatic heterocycles. The van der Waals surface area contributed by atoms with E-state index >= 15 is 0 Å². The van der Waals surface area contributed by atoms with Gasteiger partial charge in [-0.3, -0.25) is 9.59 Å². The quantitative estimate of drug-likeness (QED) is 0.648. The molecule has 16 heavy (non-hydrogen) atoms. The lowest BCUT2D eigenvalue weighted by Crippen LogP contribution is -2.37. The molecule has 0 heterocycles. The van der Waals surface area contributed by atoms with Crippen molar-refractivity contribution >= 4 is 11.9 Å². The van der Waals surface area contributed by atoms with Crippen molar-refractivity contribution < 1.29 is 14.7 Å². The van der Waals surface area contributed by atoms with Crippen LogP contribution in [0.2, 0.25) is 0 Å². The highest BCUT2D eigenvalue weighted by molar-refractivity contribution is 5.93. The second-order valence-electron chi connectivity index (χ2n) is 4.34. The van der Waals surface area contributed by atoms with E-state index in [1.807, 2.05) is 0 Å². The van der Waals surface area contributed by atoms with Gasteiger partial charge in [-0.25, -0.2) is 0 Å². The molecule has 92 valence electrons. The molecule has 0 aliphatic heterocycles. The summed E-state index contributed by atoms with van der Waals surface area (Å²) in [5.41, 5.74) is 0. The minimum Gasteiger partial charge on any atom is -0.481 e. The zero-order valence-corrected chi connectivity index (χ0v) is 9.74. The fourth-order valence-corrected chi connectivity index (χ4v) is 2.10. The fourth-order valence-electron chi connectivity index (χ4n) is 2.10. The summed E-state index contributed by atoms with van der Waals surface area (Å²) in [6.07, 6.45) is 4.62. The minimum absolute atomic E-state index is 0.410. The summed E-state index contributed by atoms with van der Waals surface area (Å²) in [5, 5.41) is 11.0. The van der Waals surface area contributed by atoms with E-state index in [1.54, 1.807) is 0 Å². The number of likely N-dealkylation sites (N-methyl/N-ethyl adjacent to an activating group) is 1. The average molecular weight is 228 g/mol. The first kappa shape index (κ1) is 13.0. The van der Waals surface area contributed by atoms with Crippen molar-refractivity contribution in [2.45, 2.75) is 38.1 Å². The smallest absolute Gasteiger partial charge is 0.312 e. The highest BCUT2D eigenvalue weighted by atomic mass is 16.4. The normalized spacial score (nSPS) is 16.6. The summed E-state index contributed by atoms with van der Waals surface area (Å²) in [6, 6.07) is 0.636. The van der Waals surface area contributed by atoms with E-state index in [0.29, 0.717) is 12.6 Å². The molecule has 0 bridgehead atoms. The Kier molecular flexibility index (Phi) is 5.25. The Balaban J connectivity index is 2.09. The van der Waals surface area contributed by atoms with Crippen molar-refractivity contribution in [2.24, 2.45) is 0 Å². The van der Waals surface area contributed by atoms with Crippen LogP contribution in [0.25, 0.3) is 0 Å². The van der Waals surface area contributed by atoms with Crippen LogP contribution in [0.15, 0.2) is 0 Å². The molecule has 0 atom stereocenters. The van der Waals surface area contributed by atoms with E-state index in [9.17, 15) is 9.59 Å². The van der Waals surface area contributed by atoms with Crippen molar-refractivity contribution in [3.63, 3.8) is 0 Å². The standard InChI is InChI=1S/C11H20N2O3/c1-13(9-4-2-3-5-9)7-6-12-10(14)8-11(15)16/h9H,2-8H2,1H3,(H,12,14)(H,15,16). The van der Waals surface area contributed by atoms with Gasteiger partial charge in [0.15, 0.2) is 0 Å². The maximum atomic E-state index is 11.0. The van der Waals surface area contributed by atoms with Crippen LogP contribution in [0, 0.1) is 0 Å². The van der Waals surface area contributed by atoms with Gasteiger partial charge < -0.3 is 15.3 Å². The van der Waals surface area contributed by atoms with E-state index in [2.05, 4.69) is 17.3 Å². The molecule has 0 aromatic rings. The first-order chi connectivity index (χ1) is 7.59. The summed E-state index contributed by atoms with van der Waals surface area (Å²) in [7, 11) is 2.05. The predicted molar refractivity (Wildman–Crippen MR) is 60.1 cm³/mol. The van der Waals surface area contributed by atoms with Crippen molar-refractivity contribution in [1.82, 2.24) is 10.2 Å². The van der Waals surface area contributed by atoms with Gasteiger partial charge in [0.1, 0.15) is 6.42 Å². The Bertz CT molecular complexity index is 250. The van der Waals surface area contributed by atoms with Crippen LogP contribution in [-0.4, -0.2) is 48.1 Å². The molecule has 5 nitrogen and oxygen atoms in total. The number of hydrogen-bond acceptors (Lipinski definition) is 3. The first-order valence-electron chi connectivity index (χ1n) is 5.78. The van der Waals surface area contributed by atoms with Gasteiger partial charge >= 0.3 is 5.97 Å². The number of carbonyl (C=O) groups is 2. The van der Waals surface area contributed by atoms with Crippen LogP contribution >= 0.6 is 0 Å². The number of amides is 1. The molecule has 1 aliphatic carbocycles. The van der Waals surface area contributed by atoms with Crippen LogP contribution in [0.1, 0.15) is 32.1 Å². The molecule has 0 radical (unpaired) electrons. The maximum Gasteiger partial charge on any atom is 0.312 e. The van der Waals surface area contributed by atoms with Gasteiger partial charge in [-0.05, 0) is 19.9 Å². The van der Waals surface area contributed by atoms with Crippen LogP contribution in [-0.2, 0) is 9.59 Å². The van der Waals surface area contributed by atoms with E-state index in [0.717, 1.165) is 6.54 Å². The molecule has 0 unspecified atom stereocenters. The molecule has 1 saturated carbocycles. The van der Waals surface area contributed by atoms with Gasteiger partial charge in [0.2, 0.25) is 5.91 Å². The molecular weight excluding hydrogens is 208 g/mol. The predicted octanol–water partition coefficient (Wildman–Crippen LogP) is 0.452. The number of aliphatic carboxylic acids is 1. The van der Waals surface area contributed by atoms with E-state index < -0.39 is 18.3 Å². The van der Waals surface area contributed by atoms with E-state index in [-0.39, 0.29) is 0 Å². The SMILES string of the molecule is CN(CCNC(=O)CC(=O)O)C1CCCC1. The second-order valence-corrected chi connectivity index (χ2v) is 4.34. The third kappa shape index (κ3) is 4.61. The molecule has 0 saturated heterocycles. The fraction of sp³-hybridized carbons (Fsp3) is 0.818. The van der Waals surface area contributed by atoms with Crippen molar-refractivity contribution in [3.8, 4) is 0 Å². The number of rotatable bonds is 6. The van der Waals surface area contributed by atoms with Crippen molar-refractivity contribution in [3.05, 3.63) is 0 Å². The van der Waals surface area contributed by atoms with Crippen molar-refractivity contribution in [1.29, 1.82) is 0 Å². The zero-order chi connectivity index (χ0) is 12.0. The van der Waals surface area contributed by atoms with Gasteiger partial charge in [0, 0.05) is 19.1 Å². The zero-order valence-electron chi connectivity index (χ0n) is 9.74. The molecule has 2 N–H and O–H groups in total. The van der Waals surface area contributed by atoms with Gasteiger partial charge in [-0.15, -0.1) is 0 Å². The lowest BCUT2D eigenvalue weighted by molar-refractivity contribution is -0.140. The Morgan fingerprint density at radius 1 is 1.38 bits per heavy atom. The maximum absolute atomic E-state index is 11.0. The van der Waals surface area contributed by atoms with Gasteiger partial charge in [0.05, 0.1) is 0 Å². The third-order valence-corrected chi connectivity index (χ3v) is 3.05. The molecule has 1 fully saturated rings. The second kappa shape index (κ2) is 6.48. The third-order valence-electron chi connectivity index (χ3n) is 3.05. The number of carbonyl (C=O) groups excluding carboxylic acids is 1. The van der Waals surface area contributed by atoms with Crippen molar-refractivity contribution in [2.75, 3.05) is 20.1 Å².